The number of aliphatic hydroxyl groups is 1. The van der Waals surface area contributed by atoms with Crippen molar-refractivity contribution in [2.45, 2.75) is 31.1 Å². The molecule has 1 saturated heterocycles. The van der Waals surface area contributed by atoms with Crippen molar-refractivity contribution >= 4 is 19.0 Å². The van der Waals surface area contributed by atoms with Crippen molar-refractivity contribution in [3.8, 4) is 11.5 Å². The molecule has 1 amide bonds. The van der Waals surface area contributed by atoms with E-state index in [2.05, 4.69) is 0 Å². The highest BCUT2D eigenvalue weighted by atomic mass is 16.5. The lowest BCUT2D eigenvalue weighted by Gasteiger charge is -2.40. The summed E-state index contributed by atoms with van der Waals surface area (Å²) in [7, 11) is -1.06. The van der Waals surface area contributed by atoms with E-state index in [4.69, 9.17) is 26.0 Å². The summed E-state index contributed by atoms with van der Waals surface area (Å²) < 4.78 is 11.0. The maximum absolute atomic E-state index is 11.9. The maximum atomic E-state index is 11.9. The molecular weight excluding hydrogens is 345 g/mol. The van der Waals surface area contributed by atoms with Crippen molar-refractivity contribution in [3.05, 3.63) is 23.3 Å². The van der Waals surface area contributed by atoms with Crippen LogP contribution in [0.5, 0.6) is 11.5 Å². The van der Waals surface area contributed by atoms with Crippen LogP contribution in [-0.2, 0) is 11.2 Å². The van der Waals surface area contributed by atoms with Gasteiger partial charge in [-0.15, -0.1) is 0 Å². The highest BCUT2D eigenvalue weighted by Gasteiger charge is 2.37. The number of carboxylic acid groups (broad SMARTS) is 1. The minimum Gasteiger partial charge on any atom is -0.535 e. The number of fused-ring (bicyclic) bond motifs is 1. The summed E-state index contributed by atoms with van der Waals surface area (Å²) in [6.07, 6.45) is -0.989. The van der Waals surface area contributed by atoms with E-state index in [-0.39, 0.29) is 30.2 Å². The molecule has 0 bridgehead atoms. The zero-order chi connectivity index (χ0) is 19.0. The molecule has 1 aromatic carbocycles. The summed E-state index contributed by atoms with van der Waals surface area (Å²) in [6, 6.07) is 2.03. The van der Waals surface area contributed by atoms with Gasteiger partial charge in [0.25, 0.3) is 0 Å². The molecule has 7 N–H and O–H groups in total. The number of likely N-dealkylation sites (tertiary alicyclic amines) is 1. The average molecular weight is 365 g/mol. The molecule has 26 heavy (non-hydrogen) atoms. The fourth-order valence-electron chi connectivity index (χ4n) is 2.94. The van der Waals surface area contributed by atoms with Crippen molar-refractivity contribution in [2.24, 2.45) is 11.5 Å². The van der Waals surface area contributed by atoms with Crippen molar-refractivity contribution in [1.82, 2.24) is 4.90 Å². The van der Waals surface area contributed by atoms with E-state index >= 15 is 0 Å². The second-order valence-corrected chi connectivity index (χ2v) is 6.34. The Balaban J connectivity index is 1.71. The van der Waals surface area contributed by atoms with E-state index < -0.39 is 37.4 Å². The minimum atomic E-state index is -1.45. The molecule has 0 spiro atoms. The van der Waals surface area contributed by atoms with Crippen molar-refractivity contribution in [1.29, 1.82) is 0 Å². The molecule has 0 aliphatic carbocycles. The molecule has 3 rings (SSSR count). The van der Waals surface area contributed by atoms with Crippen LogP contribution in [0.3, 0.4) is 0 Å². The third-order valence-electron chi connectivity index (χ3n) is 4.44. The van der Waals surface area contributed by atoms with E-state index in [1.54, 1.807) is 12.1 Å². The fraction of sp³-hybridized carbons (Fsp3) is 0.467. The molecule has 140 valence electrons. The first-order valence-electron chi connectivity index (χ1n) is 8.16. The van der Waals surface area contributed by atoms with Gasteiger partial charge in [0.1, 0.15) is 35.4 Å². The van der Waals surface area contributed by atoms with Gasteiger partial charge in [-0.3, -0.25) is 4.79 Å². The van der Waals surface area contributed by atoms with Gasteiger partial charge in [-0.05, 0) is 24.4 Å². The number of nitrogens with two attached hydrogens (primary N) is 2. The summed E-state index contributed by atoms with van der Waals surface area (Å²) in [5, 5.41) is 28.3. The van der Waals surface area contributed by atoms with Crippen LogP contribution in [0.4, 0.5) is 0 Å². The molecule has 2 heterocycles. The number of hydrogen-bond acceptors (Lipinski definition) is 8. The molecule has 11 heteroatoms. The first-order valence-corrected chi connectivity index (χ1v) is 8.16. The highest BCUT2D eigenvalue weighted by Crippen LogP contribution is 2.37. The number of aryl methyl sites for hydroxylation is 1. The molecule has 10 nitrogen and oxygen atoms in total. The van der Waals surface area contributed by atoms with Crippen LogP contribution in [-0.4, -0.2) is 70.6 Å². The number of nitrogens with zero attached hydrogens (tertiary/aromatic N) is 1. The van der Waals surface area contributed by atoms with Gasteiger partial charge in [0.2, 0.25) is 5.91 Å². The molecular formula is C15H20BN3O7. The predicted molar refractivity (Wildman–Crippen MR) is 89.7 cm³/mol. The highest BCUT2D eigenvalue weighted by molar-refractivity contribution is 6.44. The van der Waals surface area contributed by atoms with Crippen LogP contribution in [0.15, 0.2) is 12.1 Å². The average Bonchev–Trinajstić information content (AvgIpc) is 2.55. The third-order valence-corrected chi connectivity index (χ3v) is 4.44. The van der Waals surface area contributed by atoms with E-state index in [0.717, 1.165) is 0 Å². The number of carboxylic acids is 1. The van der Waals surface area contributed by atoms with E-state index in [1.807, 2.05) is 0 Å². The van der Waals surface area contributed by atoms with Gasteiger partial charge in [-0.1, -0.05) is 6.07 Å². The molecule has 1 fully saturated rings. The standard InChI is InChI=1S/C15H20BN3O7/c17-11(13(18)20)14(21)19-5-8(6-19)25-9-2-1-7-3-4-16(24)26-12(7)10(9)15(22)23/h1-2,8,11,13,20,24H,3-6,17-18H2,(H,22,23)/t11?,13-/m1/s1. The quantitative estimate of drug-likeness (QED) is 0.292. The van der Waals surface area contributed by atoms with Crippen molar-refractivity contribution < 1.29 is 34.2 Å². The Morgan fingerprint density at radius 3 is 2.65 bits per heavy atom. The van der Waals surface area contributed by atoms with Crippen LogP contribution in [0.1, 0.15) is 15.9 Å². The SMILES string of the molecule is NC(C(=O)N1CC(Oc2ccc3c(c2C(=O)O)OB(O)CC3)C1)[C@H](N)O. The van der Waals surface area contributed by atoms with Gasteiger partial charge < -0.3 is 41.0 Å². The second kappa shape index (κ2) is 7.12. The fourth-order valence-corrected chi connectivity index (χ4v) is 2.94. The van der Waals surface area contributed by atoms with Gasteiger partial charge in [-0.25, -0.2) is 4.79 Å². The minimum absolute atomic E-state index is 0.102. The van der Waals surface area contributed by atoms with E-state index in [0.29, 0.717) is 18.3 Å². The Bertz CT molecular complexity index is 723. The molecule has 0 aromatic heterocycles. The molecule has 2 atom stereocenters. The lowest BCUT2D eigenvalue weighted by atomic mass is 9.78. The molecule has 1 aromatic rings. The zero-order valence-corrected chi connectivity index (χ0v) is 13.9. The Morgan fingerprint density at radius 1 is 1.35 bits per heavy atom. The van der Waals surface area contributed by atoms with Crippen LogP contribution >= 0.6 is 0 Å². The zero-order valence-electron chi connectivity index (χ0n) is 13.9. The lowest BCUT2D eigenvalue weighted by Crippen LogP contribution is -2.62. The van der Waals surface area contributed by atoms with Crippen LogP contribution in [0.25, 0.3) is 0 Å². The smallest absolute Gasteiger partial charge is 0.522 e. The number of carbonyl (C=O) groups is 2. The molecule has 0 radical (unpaired) electrons. The Labute approximate surface area is 149 Å². The summed E-state index contributed by atoms with van der Waals surface area (Å²) in [4.78, 5) is 25.0. The third kappa shape index (κ3) is 3.47. The Morgan fingerprint density at radius 2 is 2.04 bits per heavy atom. The van der Waals surface area contributed by atoms with Gasteiger partial charge in [-0.2, -0.15) is 0 Å². The number of aromatic carboxylic acids is 1. The van der Waals surface area contributed by atoms with Crippen molar-refractivity contribution in [3.63, 3.8) is 0 Å². The molecule has 2 aliphatic heterocycles. The van der Waals surface area contributed by atoms with Gasteiger partial charge >= 0.3 is 13.1 Å². The van der Waals surface area contributed by atoms with Crippen molar-refractivity contribution in [2.75, 3.05) is 13.1 Å². The van der Waals surface area contributed by atoms with E-state index in [9.17, 15) is 19.7 Å². The normalized spacial score (nSPS) is 19.1. The molecule has 0 saturated carbocycles. The number of hydrogen-bond donors (Lipinski definition) is 5. The topological polar surface area (TPSA) is 169 Å². The number of rotatable bonds is 5. The monoisotopic (exact) mass is 365 g/mol. The second-order valence-electron chi connectivity index (χ2n) is 6.34. The predicted octanol–water partition coefficient (Wildman–Crippen LogP) is -2.01. The first-order chi connectivity index (χ1) is 12.3. The lowest BCUT2D eigenvalue weighted by molar-refractivity contribution is -0.143. The molecule has 1 unspecified atom stereocenters. The number of amides is 1. The summed E-state index contributed by atoms with van der Waals surface area (Å²) in [6.45, 7) is 0.387. The van der Waals surface area contributed by atoms with Gasteiger partial charge in [0, 0.05) is 0 Å². The van der Waals surface area contributed by atoms with E-state index in [1.165, 1.54) is 4.90 Å². The first kappa shape index (κ1) is 18.5. The number of carbonyl (C=O) groups excluding carboxylic acids is 1. The summed E-state index contributed by atoms with van der Waals surface area (Å²) >= 11 is 0. The number of benzene rings is 1. The Kier molecular flexibility index (Phi) is 5.05. The number of ether oxygens (including phenoxy) is 1. The van der Waals surface area contributed by atoms with Gasteiger partial charge in [0.15, 0.2) is 0 Å². The van der Waals surface area contributed by atoms with Gasteiger partial charge in [0.05, 0.1) is 13.1 Å². The van der Waals surface area contributed by atoms with Crippen LogP contribution < -0.4 is 20.9 Å². The van der Waals surface area contributed by atoms with Crippen LogP contribution in [0, 0.1) is 0 Å². The number of aliphatic hydroxyl groups excluding tert-OH is 1. The largest absolute Gasteiger partial charge is 0.535 e. The summed E-state index contributed by atoms with van der Waals surface area (Å²) in [5.74, 6) is -1.53. The Hall–Kier alpha value is -2.34. The molecule has 2 aliphatic rings. The van der Waals surface area contributed by atoms with Crippen LogP contribution in [0.2, 0.25) is 6.32 Å². The maximum Gasteiger partial charge on any atom is 0.522 e. The summed E-state index contributed by atoms with van der Waals surface area (Å²) in [5.41, 5.74) is 11.2.